The van der Waals surface area contributed by atoms with Gasteiger partial charge in [0.25, 0.3) is 5.91 Å². The molecule has 0 aliphatic rings. The van der Waals surface area contributed by atoms with E-state index in [1.807, 2.05) is 20.8 Å². The summed E-state index contributed by atoms with van der Waals surface area (Å²) in [6.07, 6.45) is 2.08. The fourth-order valence-corrected chi connectivity index (χ4v) is 1.87. The van der Waals surface area contributed by atoms with E-state index in [4.69, 9.17) is 0 Å². The smallest absolute Gasteiger partial charge is 0.251 e. The standard InChI is InChI=1S/C18H28N2O2/c1-13(2)8-7-11-19-16(21)14-9-6-10-15(12-14)20-17(22)18(3,4)5/h6,9-10,12-13H,7-8,11H2,1-5H3,(H,19,21)(H,20,22). The third-order valence-electron chi connectivity index (χ3n) is 3.31. The van der Waals surface area contributed by atoms with E-state index in [1.165, 1.54) is 0 Å². The fraction of sp³-hybridized carbons (Fsp3) is 0.556. The second kappa shape index (κ2) is 7.97. The topological polar surface area (TPSA) is 58.2 Å². The Labute approximate surface area is 133 Å². The molecular weight excluding hydrogens is 276 g/mol. The molecule has 0 unspecified atom stereocenters. The summed E-state index contributed by atoms with van der Waals surface area (Å²) in [5.41, 5.74) is 0.751. The fourth-order valence-electron chi connectivity index (χ4n) is 1.87. The van der Waals surface area contributed by atoms with Crippen molar-refractivity contribution in [3.8, 4) is 0 Å². The Morgan fingerprint density at radius 3 is 2.45 bits per heavy atom. The van der Waals surface area contributed by atoms with Crippen LogP contribution in [-0.4, -0.2) is 18.4 Å². The molecule has 0 heterocycles. The number of amides is 2. The summed E-state index contributed by atoms with van der Waals surface area (Å²) in [6.45, 7) is 10.6. The second-order valence-electron chi connectivity index (χ2n) is 7.08. The molecule has 0 fully saturated rings. The molecule has 0 saturated heterocycles. The molecule has 122 valence electrons. The maximum Gasteiger partial charge on any atom is 0.251 e. The van der Waals surface area contributed by atoms with Crippen LogP contribution in [0.15, 0.2) is 24.3 Å². The largest absolute Gasteiger partial charge is 0.352 e. The minimum atomic E-state index is -0.463. The summed E-state index contributed by atoms with van der Waals surface area (Å²) < 4.78 is 0. The Morgan fingerprint density at radius 2 is 1.86 bits per heavy atom. The van der Waals surface area contributed by atoms with Gasteiger partial charge in [-0.2, -0.15) is 0 Å². The predicted octanol–water partition coefficient (Wildman–Crippen LogP) is 3.84. The summed E-state index contributed by atoms with van der Waals surface area (Å²) in [7, 11) is 0. The lowest BCUT2D eigenvalue weighted by atomic mass is 9.95. The molecule has 0 aliphatic carbocycles. The van der Waals surface area contributed by atoms with Crippen molar-refractivity contribution < 1.29 is 9.59 Å². The van der Waals surface area contributed by atoms with Gasteiger partial charge in [-0.3, -0.25) is 9.59 Å². The van der Waals surface area contributed by atoms with Crippen LogP contribution in [0.2, 0.25) is 0 Å². The van der Waals surface area contributed by atoms with Crippen LogP contribution in [0, 0.1) is 11.3 Å². The highest BCUT2D eigenvalue weighted by atomic mass is 16.2. The number of rotatable bonds is 6. The molecule has 4 nitrogen and oxygen atoms in total. The van der Waals surface area contributed by atoms with Gasteiger partial charge in [0.15, 0.2) is 0 Å². The summed E-state index contributed by atoms with van der Waals surface area (Å²) in [6, 6.07) is 7.03. The van der Waals surface area contributed by atoms with Crippen LogP contribution in [-0.2, 0) is 4.79 Å². The van der Waals surface area contributed by atoms with Crippen molar-refractivity contribution in [2.45, 2.75) is 47.5 Å². The van der Waals surface area contributed by atoms with Gasteiger partial charge >= 0.3 is 0 Å². The first-order chi connectivity index (χ1) is 10.2. The second-order valence-corrected chi connectivity index (χ2v) is 7.08. The molecule has 4 heteroatoms. The van der Waals surface area contributed by atoms with Crippen LogP contribution < -0.4 is 10.6 Å². The van der Waals surface area contributed by atoms with E-state index in [0.29, 0.717) is 23.7 Å². The van der Waals surface area contributed by atoms with Gasteiger partial charge in [0.2, 0.25) is 5.91 Å². The zero-order valence-corrected chi connectivity index (χ0v) is 14.3. The van der Waals surface area contributed by atoms with Crippen LogP contribution in [0.5, 0.6) is 0 Å². The lowest BCUT2D eigenvalue weighted by Crippen LogP contribution is -2.28. The first kappa shape index (κ1) is 18.2. The van der Waals surface area contributed by atoms with Gasteiger partial charge in [-0.25, -0.2) is 0 Å². The normalized spacial score (nSPS) is 11.4. The highest BCUT2D eigenvalue weighted by Crippen LogP contribution is 2.18. The Balaban J connectivity index is 2.60. The van der Waals surface area contributed by atoms with E-state index in [1.54, 1.807) is 24.3 Å². The quantitative estimate of drug-likeness (QED) is 0.785. The van der Waals surface area contributed by atoms with E-state index in [2.05, 4.69) is 24.5 Å². The molecule has 22 heavy (non-hydrogen) atoms. The number of hydrogen-bond acceptors (Lipinski definition) is 2. The van der Waals surface area contributed by atoms with Crippen molar-refractivity contribution in [2.75, 3.05) is 11.9 Å². The molecule has 0 radical (unpaired) electrons. The highest BCUT2D eigenvalue weighted by Gasteiger charge is 2.21. The van der Waals surface area contributed by atoms with Gasteiger partial charge in [-0.15, -0.1) is 0 Å². The molecule has 0 spiro atoms. The summed E-state index contributed by atoms with van der Waals surface area (Å²) in [4.78, 5) is 24.1. The molecule has 0 aromatic heterocycles. The Kier molecular flexibility index (Phi) is 6.60. The zero-order valence-electron chi connectivity index (χ0n) is 14.3. The highest BCUT2D eigenvalue weighted by molar-refractivity contribution is 5.98. The average Bonchev–Trinajstić information content (AvgIpc) is 2.42. The number of anilines is 1. The summed E-state index contributed by atoms with van der Waals surface area (Å²) in [5.74, 6) is 0.477. The van der Waals surface area contributed by atoms with Gasteiger partial charge in [0, 0.05) is 23.2 Å². The number of carbonyl (C=O) groups is 2. The van der Waals surface area contributed by atoms with E-state index < -0.39 is 5.41 Å². The SMILES string of the molecule is CC(C)CCCNC(=O)c1cccc(NC(=O)C(C)(C)C)c1. The molecule has 2 amide bonds. The third-order valence-corrected chi connectivity index (χ3v) is 3.31. The molecule has 0 saturated carbocycles. The van der Waals surface area contributed by atoms with Crippen LogP contribution >= 0.6 is 0 Å². The average molecular weight is 304 g/mol. The maximum atomic E-state index is 12.1. The minimum absolute atomic E-state index is 0.0676. The van der Waals surface area contributed by atoms with Crippen molar-refractivity contribution in [3.05, 3.63) is 29.8 Å². The van der Waals surface area contributed by atoms with E-state index >= 15 is 0 Å². The number of nitrogens with one attached hydrogen (secondary N) is 2. The van der Waals surface area contributed by atoms with E-state index in [-0.39, 0.29) is 11.8 Å². The van der Waals surface area contributed by atoms with Crippen molar-refractivity contribution >= 4 is 17.5 Å². The summed E-state index contributed by atoms with van der Waals surface area (Å²) >= 11 is 0. The molecule has 0 aliphatic heterocycles. The molecule has 2 N–H and O–H groups in total. The van der Waals surface area contributed by atoms with Crippen LogP contribution in [0.25, 0.3) is 0 Å². The molecule has 1 rings (SSSR count). The van der Waals surface area contributed by atoms with Crippen molar-refractivity contribution in [1.82, 2.24) is 5.32 Å². The van der Waals surface area contributed by atoms with Crippen molar-refractivity contribution in [1.29, 1.82) is 0 Å². The Morgan fingerprint density at radius 1 is 1.18 bits per heavy atom. The van der Waals surface area contributed by atoms with Crippen LogP contribution in [0.3, 0.4) is 0 Å². The predicted molar refractivity (Wildman–Crippen MR) is 90.9 cm³/mol. The summed E-state index contributed by atoms with van der Waals surface area (Å²) in [5, 5.41) is 5.75. The van der Waals surface area contributed by atoms with Crippen molar-refractivity contribution in [2.24, 2.45) is 11.3 Å². The number of carbonyl (C=O) groups excluding carboxylic acids is 2. The monoisotopic (exact) mass is 304 g/mol. The first-order valence-corrected chi connectivity index (χ1v) is 7.90. The Hall–Kier alpha value is -1.84. The molecular formula is C18H28N2O2. The lowest BCUT2D eigenvalue weighted by molar-refractivity contribution is -0.123. The van der Waals surface area contributed by atoms with Gasteiger partial charge in [-0.1, -0.05) is 40.7 Å². The van der Waals surface area contributed by atoms with Gasteiger partial charge < -0.3 is 10.6 Å². The minimum Gasteiger partial charge on any atom is -0.352 e. The molecule has 0 bridgehead atoms. The molecule has 1 aromatic carbocycles. The van der Waals surface area contributed by atoms with Crippen LogP contribution in [0.1, 0.15) is 57.8 Å². The lowest BCUT2D eigenvalue weighted by Gasteiger charge is -2.18. The zero-order chi connectivity index (χ0) is 16.8. The molecule has 0 atom stereocenters. The first-order valence-electron chi connectivity index (χ1n) is 7.90. The van der Waals surface area contributed by atoms with Crippen molar-refractivity contribution in [3.63, 3.8) is 0 Å². The van der Waals surface area contributed by atoms with Crippen LogP contribution in [0.4, 0.5) is 5.69 Å². The molecule has 1 aromatic rings. The van der Waals surface area contributed by atoms with Gasteiger partial charge in [0.1, 0.15) is 0 Å². The third kappa shape index (κ3) is 6.29. The number of hydrogen-bond donors (Lipinski definition) is 2. The van der Waals surface area contributed by atoms with E-state index in [9.17, 15) is 9.59 Å². The number of benzene rings is 1. The van der Waals surface area contributed by atoms with E-state index in [0.717, 1.165) is 12.8 Å². The maximum absolute atomic E-state index is 12.1. The van der Waals surface area contributed by atoms with Gasteiger partial charge in [-0.05, 0) is 37.0 Å². The van der Waals surface area contributed by atoms with Gasteiger partial charge in [0.05, 0.1) is 0 Å². The Bertz CT molecular complexity index is 516.